The van der Waals surface area contributed by atoms with E-state index in [1.807, 2.05) is 0 Å². The van der Waals surface area contributed by atoms with Gasteiger partial charge in [0, 0.05) is 0 Å². The van der Waals surface area contributed by atoms with Crippen molar-refractivity contribution < 1.29 is 0 Å². The van der Waals surface area contributed by atoms with Crippen LogP contribution in [-0.4, -0.2) is 0 Å². The SMILES string of the molecule is CCCc1cc(CCC)c(C(C)(C)C)c(CCC)c1C(C)(C)C. The molecular weight excluding hydrogens is 276 g/mol. The highest BCUT2D eigenvalue weighted by atomic mass is 14.3. The molecule has 0 heteroatoms. The van der Waals surface area contributed by atoms with Crippen LogP contribution in [0.15, 0.2) is 6.07 Å². The zero-order valence-electron chi connectivity index (χ0n) is 17.3. The van der Waals surface area contributed by atoms with E-state index in [-0.39, 0.29) is 10.8 Å². The lowest BCUT2D eigenvalue weighted by Crippen LogP contribution is -2.25. The Morgan fingerprint density at radius 3 is 1.22 bits per heavy atom. The molecule has 0 unspecified atom stereocenters. The van der Waals surface area contributed by atoms with Crippen molar-refractivity contribution in [3.05, 3.63) is 33.9 Å². The van der Waals surface area contributed by atoms with Crippen LogP contribution in [0.4, 0.5) is 0 Å². The van der Waals surface area contributed by atoms with Crippen LogP contribution >= 0.6 is 0 Å². The fraction of sp³-hybridized carbons (Fsp3) is 0.739. The highest BCUT2D eigenvalue weighted by Gasteiger charge is 2.29. The molecule has 0 saturated carbocycles. The third kappa shape index (κ3) is 4.85. The number of benzene rings is 1. The summed E-state index contributed by atoms with van der Waals surface area (Å²) in [4.78, 5) is 0. The average molecular weight is 317 g/mol. The van der Waals surface area contributed by atoms with E-state index in [4.69, 9.17) is 0 Å². The predicted octanol–water partition coefficient (Wildman–Crippen LogP) is 7.14. The van der Waals surface area contributed by atoms with Crippen molar-refractivity contribution in [2.24, 2.45) is 0 Å². The van der Waals surface area contributed by atoms with Gasteiger partial charge in [0.1, 0.15) is 0 Å². The molecule has 1 aromatic rings. The second-order valence-electron chi connectivity index (χ2n) is 9.17. The molecule has 0 N–H and O–H groups in total. The third-order valence-corrected chi connectivity index (χ3v) is 4.63. The van der Waals surface area contributed by atoms with Crippen molar-refractivity contribution in [1.82, 2.24) is 0 Å². The molecule has 1 rings (SSSR count). The van der Waals surface area contributed by atoms with Crippen molar-refractivity contribution >= 4 is 0 Å². The molecule has 0 heterocycles. The average Bonchev–Trinajstić information content (AvgIpc) is 2.36. The second kappa shape index (κ2) is 7.86. The Hall–Kier alpha value is -0.780. The first kappa shape index (κ1) is 20.3. The highest BCUT2D eigenvalue weighted by Crippen LogP contribution is 2.40. The van der Waals surface area contributed by atoms with E-state index in [0.717, 1.165) is 0 Å². The van der Waals surface area contributed by atoms with E-state index in [1.54, 1.807) is 27.8 Å². The van der Waals surface area contributed by atoms with Crippen LogP contribution in [0.5, 0.6) is 0 Å². The van der Waals surface area contributed by atoms with Crippen LogP contribution in [0.1, 0.15) is 109 Å². The maximum atomic E-state index is 2.56. The number of aryl methyl sites for hydroxylation is 2. The van der Waals surface area contributed by atoms with Crippen molar-refractivity contribution in [3.63, 3.8) is 0 Å². The molecule has 0 radical (unpaired) electrons. The molecule has 0 fully saturated rings. The lowest BCUT2D eigenvalue weighted by Gasteiger charge is -2.35. The van der Waals surface area contributed by atoms with E-state index in [1.165, 1.54) is 38.5 Å². The summed E-state index contributed by atoms with van der Waals surface area (Å²) in [7, 11) is 0. The summed E-state index contributed by atoms with van der Waals surface area (Å²) in [6, 6.07) is 2.56. The largest absolute Gasteiger partial charge is 0.0651 e. The molecule has 0 nitrogen and oxygen atoms in total. The van der Waals surface area contributed by atoms with E-state index in [0.29, 0.717) is 0 Å². The molecule has 1 aromatic carbocycles. The zero-order chi connectivity index (χ0) is 17.8. The monoisotopic (exact) mass is 316 g/mol. The molecule has 0 aliphatic carbocycles. The molecule has 0 saturated heterocycles. The molecule has 0 amide bonds. The fourth-order valence-electron chi connectivity index (χ4n) is 4.17. The van der Waals surface area contributed by atoms with Gasteiger partial charge in [-0.3, -0.25) is 0 Å². The molecule has 0 atom stereocenters. The summed E-state index contributed by atoms with van der Waals surface area (Å²) in [5, 5.41) is 0. The van der Waals surface area contributed by atoms with E-state index >= 15 is 0 Å². The molecule has 132 valence electrons. The van der Waals surface area contributed by atoms with Crippen molar-refractivity contribution in [2.75, 3.05) is 0 Å². The predicted molar refractivity (Wildman–Crippen MR) is 106 cm³/mol. The summed E-state index contributed by atoms with van der Waals surface area (Å²) >= 11 is 0. The summed E-state index contributed by atoms with van der Waals surface area (Å²) < 4.78 is 0. The molecule has 0 bridgehead atoms. The standard InChI is InChI=1S/C23H40/c1-10-13-17-16-18(14-11-2)21(23(7,8)9)19(15-12-3)20(17)22(4,5)6/h16H,10-15H2,1-9H3. The second-order valence-corrected chi connectivity index (χ2v) is 9.17. The van der Waals surface area contributed by atoms with Crippen molar-refractivity contribution in [3.8, 4) is 0 Å². The van der Waals surface area contributed by atoms with E-state index in [9.17, 15) is 0 Å². The van der Waals surface area contributed by atoms with Crippen LogP contribution in [0, 0.1) is 0 Å². The minimum Gasteiger partial charge on any atom is -0.0651 e. The van der Waals surface area contributed by atoms with Gasteiger partial charge >= 0.3 is 0 Å². The lowest BCUT2D eigenvalue weighted by atomic mass is 9.70. The Kier molecular flexibility index (Phi) is 6.93. The Labute approximate surface area is 146 Å². The minimum absolute atomic E-state index is 0.222. The molecule has 0 aliphatic rings. The molecule has 0 aliphatic heterocycles. The fourth-order valence-corrected chi connectivity index (χ4v) is 4.17. The number of hydrogen-bond donors (Lipinski definition) is 0. The zero-order valence-corrected chi connectivity index (χ0v) is 17.3. The normalized spacial score (nSPS) is 12.7. The van der Waals surface area contributed by atoms with E-state index in [2.05, 4.69) is 68.4 Å². The van der Waals surface area contributed by atoms with Crippen LogP contribution in [0.2, 0.25) is 0 Å². The molecule has 0 aromatic heterocycles. The Morgan fingerprint density at radius 1 is 0.609 bits per heavy atom. The van der Waals surface area contributed by atoms with Gasteiger partial charge in [0.2, 0.25) is 0 Å². The summed E-state index contributed by atoms with van der Waals surface area (Å²) in [6.07, 6.45) is 7.33. The summed E-state index contributed by atoms with van der Waals surface area (Å²) in [5.74, 6) is 0. The van der Waals surface area contributed by atoms with Crippen molar-refractivity contribution in [2.45, 2.75) is 112 Å². The first-order valence-electron chi connectivity index (χ1n) is 9.76. The van der Waals surface area contributed by atoms with Crippen LogP contribution in [-0.2, 0) is 30.1 Å². The van der Waals surface area contributed by atoms with Gasteiger partial charge in [0.25, 0.3) is 0 Å². The number of rotatable bonds is 6. The third-order valence-electron chi connectivity index (χ3n) is 4.63. The summed E-state index contributed by atoms with van der Waals surface area (Å²) in [5.41, 5.74) is 8.62. The van der Waals surface area contributed by atoms with Crippen LogP contribution < -0.4 is 0 Å². The number of hydrogen-bond acceptors (Lipinski definition) is 0. The Morgan fingerprint density at radius 2 is 0.957 bits per heavy atom. The minimum atomic E-state index is 0.222. The maximum Gasteiger partial charge on any atom is -0.0126 e. The summed E-state index contributed by atoms with van der Waals surface area (Å²) in [6.45, 7) is 21.3. The van der Waals surface area contributed by atoms with Gasteiger partial charge in [-0.05, 0) is 57.9 Å². The maximum absolute atomic E-state index is 2.56. The van der Waals surface area contributed by atoms with Gasteiger partial charge in [-0.2, -0.15) is 0 Å². The van der Waals surface area contributed by atoms with Gasteiger partial charge in [0.15, 0.2) is 0 Å². The topological polar surface area (TPSA) is 0 Å². The van der Waals surface area contributed by atoms with Gasteiger partial charge in [0.05, 0.1) is 0 Å². The van der Waals surface area contributed by atoms with Gasteiger partial charge in [-0.25, -0.2) is 0 Å². The van der Waals surface area contributed by atoms with Gasteiger partial charge < -0.3 is 0 Å². The highest BCUT2D eigenvalue weighted by molar-refractivity contribution is 5.52. The first-order valence-corrected chi connectivity index (χ1v) is 9.76. The lowest BCUT2D eigenvalue weighted by molar-refractivity contribution is 0.541. The Bertz CT molecular complexity index is 464. The Balaban J connectivity index is 3.84. The van der Waals surface area contributed by atoms with Gasteiger partial charge in [-0.1, -0.05) is 87.6 Å². The van der Waals surface area contributed by atoms with Crippen LogP contribution in [0.25, 0.3) is 0 Å². The van der Waals surface area contributed by atoms with Crippen molar-refractivity contribution in [1.29, 1.82) is 0 Å². The van der Waals surface area contributed by atoms with E-state index < -0.39 is 0 Å². The molecular formula is C23H40. The molecule has 0 spiro atoms. The van der Waals surface area contributed by atoms with Gasteiger partial charge in [-0.15, -0.1) is 0 Å². The molecule has 23 heavy (non-hydrogen) atoms. The first-order chi connectivity index (χ1) is 10.6. The van der Waals surface area contributed by atoms with Crippen LogP contribution in [0.3, 0.4) is 0 Å². The quantitative estimate of drug-likeness (QED) is 0.523. The smallest absolute Gasteiger partial charge is 0.0126 e.